The fraction of sp³-hybridized carbons (Fsp3) is 0.267. The van der Waals surface area contributed by atoms with Gasteiger partial charge in [-0.3, -0.25) is 13.2 Å². The lowest BCUT2D eigenvalue weighted by molar-refractivity contribution is -0.118. The molecule has 0 radical (unpaired) electrons. The van der Waals surface area contributed by atoms with Gasteiger partial charge in [0.25, 0.3) is 20.2 Å². The van der Waals surface area contributed by atoms with E-state index in [1.54, 1.807) is 0 Å². The quantitative estimate of drug-likeness (QED) is 0.656. The predicted molar refractivity (Wildman–Crippen MR) is 88.5 cm³/mol. The molecule has 0 amide bonds. The van der Waals surface area contributed by atoms with Crippen LogP contribution in [0.25, 0.3) is 10.8 Å². The number of ketones is 1. The normalized spacial score (nSPS) is 12.3. The third-order valence-electron chi connectivity index (χ3n) is 3.31. The number of ether oxygens (including phenoxy) is 1. The first-order valence-electron chi connectivity index (χ1n) is 6.92. The predicted octanol–water partition coefficient (Wildman–Crippen LogP) is 1.48. The van der Waals surface area contributed by atoms with Crippen molar-refractivity contribution in [1.82, 2.24) is 0 Å². The molecule has 0 atom stereocenters. The standard InChI is InChI=1S/C15H16O8S2/c1-10(16)9-23-15-8-13(25(19,20)22-3)7-11-6-12(4-5-14(11)15)24(17,18)21-2/h4-8H,9H2,1-3H3. The van der Waals surface area contributed by atoms with Crippen LogP contribution in [0.3, 0.4) is 0 Å². The van der Waals surface area contributed by atoms with E-state index in [1.165, 1.54) is 37.3 Å². The number of rotatable bonds is 7. The number of hydrogen-bond donors (Lipinski definition) is 0. The Kier molecular flexibility index (Phi) is 5.47. The second-order valence-electron chi connectivity index (χ2n) is 5.04. The molecule has 8 nitrogen and oxygen atoms in total. The molecule has 10 heteroatoms. The lowest BCUT2D eigenvalue weighted by atomic mass is 10.1. The summed E-state index contributed by atoms with van der Waals surface area (Å²) in [5, 5.41) is 0.709. The Bertz CT molecular complexity index is 1020. The zero-order chi connectivity index (χ0) is 18.8. The lowest BCUT2D eigenvalue weighted by Crippen LogP contribution is -2.09. The number of Topliss-reactive ketones (excluding diaryl/α,β-unsaturated/α-hetero) is 1. The van der Waals surface area contributed by atoms with Crippen LogP contribution in [0.4, 0.5) is 0 Å². The van der Waals surface area contributed by atoms with Crippen molar-refractivity contribution in [2.24, 2.45) is 0 Å². The highest BCUT2D eigenvalue weighted by Crippen LogP contribution is 2.32. The van der Waals surface area contributed by atoms with Gasteiger partial charge in [-0.2, -0.15) is 16.8 Å². The minimum Gasteiger partial charge on any atom is -0.485 e. The fourth-order valence-corrected chi connectivity index (χ4v) is 3.49. The van der Waals surface area contributed by atoms with E-state index in [2.05, 4.69) is 8.37 Å². The molecule has 0 saturated carbocycles. The van der Waals surface area contributed by atoms with Crippen molar-refractivity contribution in [3.8, 4) is 5.75 Å². The first-order valence-corrected chi connectivity index (χ1v) is 9.73. The smallest absolute Gasteiger partial charge is 0.296 e. The second-order valence-corrected chi connectivity index (χ2v) is 8.46. The van der Waals surface area contributed by atoms with Crippen molar-refractivity contribution in [2.45, 2.75) is 16.7 Å². The molecule has 0 heterocycles. The van der Waals surface area contributed by atoms with Crippen LogP contribution in [0.15, 0.2) is 40.1 Å². The summed E-state index contributed by atoms with van der Waals surface area (Å²) in [5.74, 6) is -0.142. The van der Waals surface area contributed by atoms with Crippen LogP contribution in [-0.2, 0) is 33.4 Å². The van der Waals surface area contributed by atoms with Crippen molar-refractivity contribution in [3.05, 3.63) is 30.3 Å². The Morgan fingerprint density at radius 2 is 1.48 bits per heavy atom. The van der Waals surface area contributed by atoms with Crippen molar-refractivity contribution in [1.29, 1.82) is 0 Å². The van der Waals surface area contributed by atoms with E-state index in [0.717, 1.165) is 14.2 Å². The minimum absolute atomic E-state index is 0.115. The molecule has 0 saturated heterocycles. The van der Waals surface area contributed by atoms with E-state index in [4.69, 9.17) is 4.74 Å². The van der Waals surface area contributed by atoms with Crippen LogP contribution in [-0.4, -0.2) is 43.4 Å². The van der Waals surface area contributed by atoms with E-state index >= 15 is 0 Å². The fourth-order valence-electron chi connectivity index (χ4n) is 2.08. The Morgan fingerprint density at radius 1 is 0.920 bits per heavy atom. The highest BCUT2D eigenvalue weighted by atomic mass is 32.2. The maximum absolute atomic E-state index is 12.0. The van der Waals surface area contributed by atoms with Gasteiger partial charge in [-0.1, -0.05) is 0 Å². The summed E-state index contributed by atoms with van der Waals surface area (Å²) in [4.78, 5) is 10.8. The van der Waals surface area contributed by atoms with Crippen LogP contribution in [0.1, 0.15) is 6.92 Å². The number of benzene rings is 2. The molecule has 0 unspecified atom stereocenters. The molecule has 0 aliphatic carbocycles. The summed E-state index contributed by atoms with van der Waals surface area (Å²) in [6.45, 7) is 1.06. The maximum atomic E-state index is 12.0. The Morgan fingerprint density at radius 3 is 2.04 bits per heavy atom. The zero-order valence-corrected chi connectivity index (χ0v) is 15.3. The summed E-state index contributed by atoms with van der Waals surface area (Å²) in [6.07, 6.45) is 0. The number of hydrogen-bond acceptors (Lipinski definition) is 8. The van der Waals surface area contributed by atoms with Gasteiger partial charge >= 0.3 is 0 Å². The summed E-state index contributed by atoms with van der Waals surface area (Å²) in [5.41, 5.74) is 0. The number of fused-ring (bicyclic) bond motifs is 1. The van der Waals surface area contributed by atoms with E-state index in [9.17, 15) is 21.6 Å². The Balaban J connectivity index is 2.74. The zero-order valence-electron chi connectivity index (χ0n) is 13.7. The topological polar surface area (TPSA) is 113 Å². The molecule has 2 aromatic carbocycles. The monoisotopic (exact) mass is 388 g/mol. The molecule has 2 rings (SSSR count). The minimum atomic E-state index is -4.05. The van der Waals surface area contributed by atoms with Gasteiger partial charge in [0.2, 0.25) is 0 Å². The molecule has 0 bridgehead atoms. The average Bonchev–Trinajstić information content (AvgIpc) is 2.58. The van der Waals surface area contributed by atoms with Crippen LogP contribution in [0.2, 0.25) is 0 Å². The summed E-state index contributed by atoms with van der Waals surface area (Å²) >= 11 is 0. The van der Waals surface area contributed by atoms with Gasteiger partial charge in [0.05, 0.1) is 24.0 Å². The van der Waals surface area contributed by atoms with Crippen LogP contribution < -0.4 is 4.74 Å². The first-order chi connectivity index (χ1) is 11.6. The maximum Gasteiger partial charge on any atom is 0.296 e. The largest absolute Gasteiger partial charge is 0.485 e. The van der Waals surface area contributed by atoms with Crippen molar-refractivity contribution < 1.29 is 34.7 Å². The molecule has 0 aliphatic rings. The third-order valence-corrected chi connectivity index (χ3v) is 5.83. The molecular weight excluding hydrogens is 372 g/mol. The molecule has 0 N–H and O–H groups in total. The first kappa shape index (κ1) is 19.3. The van der Waals surface area contributed by atoms with Crippen molar-refractivity contribution in [2.75, 3.05) is 20.8 Å². The highest BCUT2D eigenvalue weighted by molar-refractivity contribution is 7.87. The van der Waals surface area contributed by atoms with E-state index in [0.29, 0.717) is 5.39 Å². The van der Waals surface area contributed by atoms with Gasteiger partial charge in [-0.15, -0.1) is 0 Å². The molecule has 0 aromatic heterocycles. The molecule has 0 fully saturated rings. The number of carbonyl (C=O) groups excluding carboxylic acids is 1. The van der Waals surface area contributed by atoms with Gasteiger partial charge in [0.1, 0.15) is 12.4 Å². The van der Waals surface area contributed by atoms with Gasteiger partial charge in [-0.05, 0) is 36.6 Å². The van der Waals surface area contributed by atoms with Crippen molar-refractivity contribution >= 4 is 36.8 Å². The van der Waals surface area contributed by atoms with E-state index in [-0.39, 0.29) is 33.3 Å². The van der Waals surface area contributed by atoms with E-state index < -0.39 is 20.2 Å². The van der Waals surface area contributed by atoms with Gasteiger partial charge in [-0.25, -0.2) is 0 Å². The summed E-state index contributed by atoms with van der Waals surface area (Å²) in [6, 6.07) is 6.47. The van der Waals surface area contributed by atoms with Gasteiger partial charge in [0, 0.05) is 11.5 Å². The molecular formula is C15H16O8S2. The van der Waals surface area contributed by atoms with E-state index in [1.807, 2.05) is 0 Å². The average molecular weight is 388 g/mol. The Hall–Kier alpha value is -2.01. The van der Waals surface area contributed by atoms with Crippen LogP contribution >= 0.6 is 0 Å². The molecule has 0 spiro atoms. The second kappa shape index (κ2) is 7.08. The SMILES string of the molecule is COS(=O)(=O)c1ccc2c(OCC(C)=O)cc(S(=O)(=O)OC)cc2c1. The van der Waals surface area contributed by atoms with Crippen LogP contribution in [0, 0.1) is 0 Å². The summed E-state index contributed by atoms with van der Waals surface area (Å²) < 4.78 is 61.9. The summed E-state index contributed by atoms with van der Waals surface area (Å²) in [7, 11) is -5.99. The molecule has 25 heavy (non-hydrogen) atoms. The highest BCUT2D eigenvalue weighted by Gasteiger charge is 2.19. The Labute approximate surface area is 145 Å². The molecule has 136 valence electrons. The lowest BCUT2D eigenvalue weighted by Gasteiger charge is -2.12. The number of carbonyl (C=O) groups is 1. The van der Waals surface area contributed by atoms with Gasteiger partial charge < -0.3 is 4.74 Å². The van der Waals surface area contributed by atoms with Crippen LogP contribution in [0.5, 0.6) is 5.75 Å². The molecule has 2 aromatic rings. The molecule has 0 aliphatic heterocycles. The third kappa shape index (κ3) is 4.15. The van der Waals surface area contributed by atoms with Crippen molar-refractivity contribution in [3.63, 3.8) is 0 Å². The van der Waals surface area contributed by atoms with Gasteiger partial charge in [0.15, 0.2) is 5.78 Å².